The molecule has 0 atom stereocenters. The van der Waals surface area contributed by atoms with Gasteiger partial charge in [0, 0.05) is 6.20 Å². The van der Waals surface area contributed by atoms with Crippen molar-refractivity contribution in [1.82, 2.24) is 20.2 Å². The van der Waals surface area contributed by atoms with E-state index in [-0.39, 0.29) is 17.5 Å². The highest BCUT2D eigenvalue weighted by Gasteiger charge is 2.09. The first kappa shape index (κ1) is 7.66. The molecule has 0 fully saturated rings. The molecule has 0 aromatic carbocycles. The second-order valence-corrected chi connectivity index (χ2v) is 2.38. The molecule has 0 spiro atoms. The summed E-state index contributed by atoms with van der Waals surface area (Å²) in [5.74, 6) is -0.158. The molecular weight excluding hydrogens is 173 g/mol. The van der Waals surface area contributed by atoms with Crippen molar-refractivity contribution >= 4 is 5.95 Å². The molecule has 3 N–H and O–H groups in total. The molecule has 2 rings (SSSR count). The van der Waals surface area contributed by atoms with Gasteiger partial charge in [-0.3, -0.25) is 5.10 Å². The Hall–Kier alpha value is -1.98. The van der Waals surface area contributed by atoms with Crippen molar-refractivity contribution in [3.63, 3.8) is 0 Å². The first-order valence-corrected chi connectivity index (χ1v) is 3.56. The third-order valence-electron chi connectivity index (χ3n) is 1.49. The normalized spacial score (nSPS) is 10.2. The van der Waals surface area contributed by atoms with E-state index in [9.17, 15) is 4.39 Å². The van der Waals surface area contributed by atoms with Crippen molar-refractivity contribution < 1.29 is 4.39 Å². The van der Waals surface area contributed by atoms with Gasteiger partial charge in [-0.05, 0) is 12.1 Å². The summed E-state index contributed by atoms with van der Waals surface area (Å²) < 4.78 is 13.1. The molecule has 0 aliphatic heterocycles. The lowest BCUT2D eigenvalue weighted by Gasteiger charge is -1.94. The summed E-state index contributed by atoms with van der Waals surface area (Å²) in [5.41, 5.74) is 5.38. The molecule has 2 aromatic heterocycles. The van der Waals surface area contributed by atoms with Gasteiger partial charge in [-0.15, -0.1) is 5.10 Å². The summed E-state index contributed by atoms with van der Waals surface area (Å²) in [6.07, 6.45) is 1.47. The van der Waals surface area contributed by atoms with Crippen LogP contribution in [0, 0.1) is 5.82 Å². The number of halogens is 1. The highest BCUT2D eigenvalue weighted by atomic mass is 19.1. The van der Waals surface area contributed by atoms with Gasteiger partial charge in [-0.25, -0.2) is 9.37 Å². The number of aromatic nitrogens is 4. The second kappa shape index (κ2) is 2.81. The fourth-order valence-electron chi connectivity index (χ4n) is 0.941. The van der Waals surface area contributed by atoms with Gasteiger partial charge in [0.2, 0.25) is 5.95 Å². The van der Waals surface area contributed by atoms with E-state index in [0.29, 0.717) is 0 Å². The summed E-state index contributed by atoms with van der Waals surface area (Å²) in [6, 6.07) is 2.79. The average Bonchev–Trinajstić information content (AvgIpc) is 2.53. The van der Waals surface area contributed by atoms with E-state index in [0.717, 1.165) is 0 Å². The molecule has 0 saturated heterocycles. The van der Waals surface area contributed by atoms with Gasteiger partial charge in [0.05, 0.1) is 0 Å². The summed E-state index contributed by atoms with van der Waals surface area (Å²) in [4.78, 5) is 7.55. The third kappa shape index (κ3) is 1.33. The van der Waals surface area contributed by atoms with Gasteiger partial charge < -0.3 is 5.73 Å². The summed E-state index contributed by atoms with van der Waals surface area (Å²) in [7, 11) is 0. The number of nitrogens with one attached hydrogen (secondary N) is 1. The maximum Gasteiger partial charge on any atom is 0.239 e. The SMILES string of the molecule is Nc1n[nH]c(-c2ncccc2F)n1. The minimum absolute atomic E-state index is 0.0695. The summed E-state index contributed by atoms with van der Waals surface area (Å²) >= 11 is 0. The molecule has 13 heavy (non-hydrogen) atoms. The summed E-state index contributed by atoms with van der Waals surface area (Å²) in [5, 5.41) is 6.04. The molecule has 0 unspecified atom stereocenters. The van der Waals surface area contributed by atoms with Gasteiger partial charge in [-0.1, -0.05) is 0 Å². The number of aromatic amines is 1. The van der Waals surface area contributed by atoms with E-state index in [1.165, 1.54) is 18.3 Å². The zero-order chi connectivity index (χ0) is 9.26. The number of anilines is 1. The Bertz CT molecular complexity index is 424. The first-order valence-electron chi connectivity index (χ1n) is 3.56. The van der Waals surface area contributed by atoms with Crippen LogP contribution in [0.2, 0.25) is 0 Å². The zero-order valence-electron chi connectivity index (χ0n) is 6.53. The largest absolute Gasteiger partial charge is 0.366 e. The second-order valence-electron chi connectivity index (χ2n) is 2.38. The van der Waals surface area contributed by atoms with E-state index in [2.05, 4.69) is 20.2 Å². The van der Waals surface area contributed by atoms with E-state index >= 15 is 0 Å². The minimum atomic E-state index is -0.460. The molecule has 0 radical (unpaired) electrons. The molecular formula is C7H6FN5. The van der Waals surface area contributed by atoms with Crippen LogP contribution in [0.4, 0.5) is 10.3 Å². The molecule has 2 aromatic rings. The Morgan fingerprint density at radius 3 is 2.92 bits per heavy atom. The maximum absolute atomic E-state index is 13.1. The Kier molecular flexibility index (Phi) is 1.66. The van der Waals surface area contributed by atoms with Gasteiger partial charge in [0.15, 0.2) is 11.6 Å². The van der Waals surface area contributed by atoms with Crippen LogP contribution in [0.5, 0.6) is 0 Å². The predicted octanol–water partition coefficient (Wildman–Crippen LogP) is 0.588. The van der Waals surface area contributed by atoms with E-state index in [1.54, 1.807) is 0 Å². The third-order valence-corrected chi connectivity index (χ3v) is 1.49. The first-order chi connectivity index (χ1) is 6.27. The van der Waals surface area contributed by atoms with Crippen molar-refractivity contribution in [3.05, 3.63) is 24.1 Å². The zero-order valence-corrected chi connectivity index (χ0v) is 6.53. The number of nitrogens with zero attached hydrogens (tertiary/aromatic N) is 3. The van der Waals surface area contributed by atoms with E-state index in [4.69, 9.17) is 5.73 Å². The minimum Gasteiger partial charge on any atom is -0.366 e. The lowest BCUT2D eigenvalue weighted by molar-refractivity contribution is 0.624. The molecule has 0 aliphatic carbocycles. The molecule has 0 amide bonds. The Morgan fingerprint density at radius 2 is 2.31 bits per heavy atom. The molecule has 0 aliphatic rings. The molecule has 66 valence electrons. The van der Waals surface area contributed by atoms with Crippen LogP contribution < -0.4 is 5.73 Å². The number of nitrogen functional groups attached to an aromatic ring is 1. The van der Waals surface area contributed by atoms with Crippen molar-refractivity contribution in [2.24, 2.45) is 0 Å². The Morgan fingerprint density at radius 1 is 1.46 bits per heavy atom. The maximum atomic E-state index is 13.1. The standard InChI is InChI=1S/C7H6FN5/c8-4-2-1-3-10-5(4)6-11-7(9)13-12-6/h1-3H,(H3,9,11,12,13). The number of hydrogen-bond acceptors (Lipinski definition) is 4. The van der Waals surface area contributed by atoms with Crippen molar-refractivity contribution in [3.8, 4) is 11.5 Å². The molecule has 6 heteroatoms. The lowest BCUT2D eigenvalue weighted by Crippen LogP contribution is -1.90. The average molecular weight is 179 g/mol. The highest BCUT2D eigenvalue weighted by Crippen LogP contribution is 2.14. The van der Waals surface area contributed by atoms with Gasteiger partial charge in [-0.2, -0.15) is 4.98 Å². The summed E-state index contributed by atoms with van der Waals surface area (Å²) in [6.45, 7) is 0. The molecule has 0 bridgehead atoms. The Balaban J connectivity index is 2.52. The fourth-order valence-corrected chi connectivity index (χ4v) is 0.941. The number of hydrogen-bond donors (Lipinski definition) is 2. The number of H-pyrrole nitrogens is 1. The van der Waals surface area contributed by atoms with Crippen LogP contribution in [0.15, 0.2) is 18.3 Å². The van der Waals surface area contributed by atoms with Crippen molar-refractivity contribution in [1.29, 1.82) is 0 Å². The van der Waals surface area contributed by atoms with Crippen LogP contribution in [0.1, 0.15) is 0 Å². The Labute approximate surface area is 72.8 Å². The fraction of sp³-hybridized carbons (Fsp3) is 0. The van der Waals surface area contributed by atoms with Crippen molar-refractivity contribution in [2.75, 3.05) is 5.73 Å². The van der Waals surface area contributed by atoms with Gasteiger partial charge in [0.1, 0.15) is 5.69 Å². The van der Waals surface area contributed by atoms with Crippen molar-refractivity contribution in [2.45, 2.75) is 0 Å². The van der Waals surface area contributed by atoms with E-state index in [1.807, 2.05) is 0 Å². The van der Waals surface area contributed by atoms with Crippen LogP contribution in [-0.4, -0.2) is 20.2 Å². The van der Waals surface area contributed by atoms with Crippen LogP contribution in [0.3, 0.4) is 0 Å². The lowest BCUT2D eigenvalue weighted by atomic mass is 10.3. The monoisotopic (exact) mass is 179 g/mol. The van der Waals surface area contributed by atoms with Crippen LogP contribution >= 0.6 is 0 Å². The topological polar surface area (TPSA) is 80.5 Å². The smallest absolute Gasteiger partial charge is 0.239 e. The number of rotatable bonds is 1. The highest BCUT2D eigenvalue weighted by molar-refractivity contribution is 5.50. The van der Waals surface area contributed by atoms with Gasteiger partial charge >= 0.3 is 0 Å². The van der Waals surface area contributed by atoms with Crippen LogP contribution in [-0.2, 0) is 0 Å². The molecule has 2 heterocycles. The van der Waals surface area contributed by atoms with Crippen LogP contribution in [0.25, 0.3) is 11.5 Å². The predicted molar refractivity (Wildman–Crippen MR) is 44.0 cm³/mol. The number of pyridine rings is 1. The quantitative estimate of drug-likeness (QED) is 0.671. The molecule has 0 saturated carbocycles. The van der Waals surface area contributed by atoms with E-state index < -0.39 is 5.82 Å². The number of nitrogens with two attached hydrogens (primary N) is 1. The van der Waals surface area contributed by atoms with Gasteiger partial charge in [0.25, 0.3) is 0 Å². The molecule has 5 nitrogen and oxygen atoms in total.